The van der Waals surface area contributed by atoms with Gasteiger partial charge in [0.25, 0.3) is 0 Å². The number of fused-ring (bicyclic) bond motifs is 1. The summed E-state index contributed by atoms with van der Waals surface area (Å²) in [5.41, 5.74) is 1.72. The zero-order valence-corrected chi connectivity index (χ0v) is 18.4. The third-order valence-electron chi connectivity index (χ3n) is 5.34. The number of aromatic nitrogens is 4. The maximum Gasteiger partial charge on any atom is 0.243 e. The van der Waals surface area contributed by atoms with E-state index in [4.69, 9.17) is 16.3 Å². The Morgan fingerprint density at radius 3 is 2.70 bits per heavy atom. The lowest BCUT2D eigenvalue weighted by Crippen LogP contribution is -2.43. The lowest BCUT2D eigenvalue weighted by Gasteiger charge is -2.29. The smallest absolute Gasteiger partial charge is 0.243 e. The van der Waals surface area contributed by atoms with E-state index in [2.05, 4.69) is 35.5 Å². The first-order valence-corrected chi connectivity index (χ1v) is 10.7. The number of piperazine rings is 1. The van der Waals surface area contributed by atoms with E-state index >= 15 is 0 Å². The van der Waals surface area contributed by atoms with Crippen LogP contribution in [-0.4, -0.2) is 46.1 Å². The Balaban J connectivity index is 1.37. The van der Waals surface area contributed by atoms with Crippen LogP contribution in [0.3, 0.4) is 0 Å². The number of aryl methyl sites for hydroxylation is 1. The Kier molecular flexibility index (Phi) is 5.69. The highest BCUT2D eigenvalue weighted by molar-refractivity contribution is 6.34. The van der Waals surface area contributed by atoms with Crippen molar-refractivity contribution < 1.29 is 13.5 Å². The summed E-state index contributed by atoms with van der Waals surface area (Å²) in [6.07, 6.45) is 2.98. The fourth-order valence-corrected chi connectivity index (χ4v) is 3.90. The van der Waals surface area contributed by atoms with E-state index in [1.54, 1.807) is 13.1 Å². The molecule has 0 saturated carbocycles. The lowest BCUT2D eigenvalue weighted by molar-refractivity contribution is 0.426. The number of benzene rings is 1. The van der Waals surface area contributed by atoms with E-state index < -0.39 is 11.6 Å². The van der Waals surface area contributed by atoms with Gasteiger partial charge in [-0.2, -0.15) is 4.98 Å². The molecule has 0 amide bonds. The second-order valence-corrected chi connectivity index (χ2v) is 8.00. The highest BCUT2D eigenvalue weighted by atomic mass is 35.5. The highest BCUT2D eigenvalue weighted by Gasteiger charge is 2.19. The molecule has 0 unspecified atom stereocenters. The van der Waals surface area contributed by atoms with Gasteiger partial charge in [0.1, 0.15) is 17.2 Å². The van der Waals surface area contributed by atoms with E-state index in [1.165, 1.54) is 12.4 Å². The Hall–Kier alpha value is -3.50. The molecule has 4 aromatic rings. The maximum atomic E-state index is 14.9. The lowest BCUT2D eigenvalue weighted by atomic mass is 10.2. The van der Waals surface area contributed by atoms with Crippen molar-refractivity contribution in [1.29, 1.82) is 0 Å². The van der Waals surface area contributed by atoms with E-state index in [9.17, 15) is 8.78 Å². The summed E-state index contributed by atoms with van der Waals surface area (Å²) >= 11 is 6.40. The van der Waals surface area contributed by atoms with Crippen molar-refractivity contribution >= 4 is 39.8 Å². The van der Waals surface area contributed by atoms with Gasteiger partial charge in [-0.3, -0.25) is 0 Å². The van der Waals surface area contributed by atoms with Gasteiger partial charge >= 0.3 is 0 Å². The predicted octanol–water partition coefficient (Wildman–Crippen LogP) is 4.54. The SMILES string of the molecule is Cc1cc2c(F)c(Oc3ncnc(Nc4ccc(N5CCNCC5)cn4)c3Cl)cc(F)c2[nH]1. The van der Waals surface area contributed by atoms with Crippen LogP contribution in [0.5, 0.6) is 11.6 Å². The number of nitrogens with one attached hydrogen (secondary N) is 3. The predicted molar refractivity (Wildman–Crippen MR) is 123 cm³/mol. The number of anilines is 3. The van der Waals surface area contributed by atoms with Crippen LogP contribution in [0.2, 0.25) is 5.02 Å². The van der Waals surface area contributed by atoms with Crippen LogP contribution in [0.15, 0.2) is 36.8 Å². The zero-order chi connectivity index (χ0) is 22.9. The Bertz CT molecular complexity index is 1310. The number of pyridine rings is 1. The first-order valence-electron chi connectivity index (χ1n) is 10.3. The van der Waals surface area contributed by atoms with E-state index in [1.807, 2.05) is 12.1 Å². The number of aromatic amines is 1. The van der Waals surface area contributed by atoms with Gasteiger partial charge in [-0.1, -0.05) is 11.6 Å². The van der Waals surface area contributed by atoms with Crippen LogP contribution in [0, 0.1) is 18.6 Å². The number of hydrogen-bond acceptors (Lipinski definition) is 7. The zero-order valence-electron chi connectivity index (χ0n) is 17.6. The molecular weight excluding hydrogens is 452 g/mol. The maximum absolute atomic E-state index is 14.9. The van der Waals surface area contributed by atoms with Crippen LogP contribution >= 0.6 is 11.6 Å². The minimum Gasteiger partial charge on any atom is -0.434 e. The summed E-state index contributed by atoms with van der Waals surface area (Å²) in [5.74, 6) is -1.07. The van der Waals surface area contributed by atoms with Crippen LogP contribution < -0.4 is 20.3 Å². The summed E-state index contributed by atoms with van der Waals surface area (Å²) in [6.45, 7) is 5.40. The fourth-order valence-electron chi connectivity index (χ4n) is 3.72. The van der Waals surface area contributed by atoms with E-state index in [0.29, 0.717) is 11.5 Å². The summed E-state index contributed by atoms with van der Waals surface area (Å²) < 4.78 is 34.8. The van der Waals surface area contributed by atoms with Crippen molar-refractivity contribution in [3.05, 3.63) is 59.1 Å². The molecule has 170 valence electrons. The molecular formula is C22H20ClF2N7O. The van der Waals surface area contributed by atoms with Crippen LogP contribution in [0.4, 0.5) is 26.1 Å². The Morgan fingerprint density at radius 1 is 1.12 bits per heavy atom. The number of rotatable bonds is 5. The van der Waals surface area contributed by atoms with Crippen molar-refractivity contribution in [2.75, 3.05) is 36.4 Å². The first kappa shape index (κ1) is 21.4. The molecule has 1 aliphatic heterocycles. The van der Waals surface area contributed by atoms with Crippen molar-refractivity contribution in [3.63, 3.8) is 0 Å². The molecule has 0 radical (unpaired) electrons. The molecule has 0 bridgehead atoms. The highest BCUT2D eigenvalue weighted by Crippen LogP contribution is 2.36. The molecule has 3 aromatic heterocycles. The van der Waals surface area contributed by atoms with Gasteiger partial charge in [-0.25, -0.2) is 18.7 Å². The van der Waals surface area contributed by atoms with Crippen molar-refractivity contribution in [3.8, 4) is 11.6 Å². The Morgan fingerprint density at radius 2 is 1.94 bits per heavy atom. The normalized spacial score (nSPS) is 14.0. The molecule has 5 rings (SSSR count). The number of nitrogens with zero attached hydrogens (tertiary/aromatic N) is 4. The third kappa shape index (κ3) is 4.27. The minimum atomic E-state index is -0.717. The van der Waals surface area contributed by atoms with Gasteiger partial charge in [-0.15, -0.1) is 0 Å². The van der Waals surface area contributed by atoms with Gasteiger partial charge in [0.05, 0.1) is 17.4 Å². The Labute approximate surface area is 193 Å². The molecule has 8 nitrogen and oxygen atoms in total. The van der Waals surface area contributed by atoms with Gasteiger partial charge in [0, 0.05) is 43.3 Å². The topological polar surface area (TPSA) is 91.0 Å². The van der Waals surface area contributed by atoms with Crippen molar-refractivity contribution in [1.82, 2.24) is 25.3 Å². The van der Waals surface area contributed by atoms with Gasteiger partial charge in [0.15, 0.2) is 23.2 Å². The number of hydrogen-bond donors (Lipinski definition) is 3. The van der Waals surface area contributed by atoms with Gasteiger partial charge in [-0.05, 0) is 25.1 Å². The minimum absolute atomic E-state index is 0.00985. The standard InChI is InChI=1S/C22H20ClF2N7O/c1-12-8-14-19(25)16(9-15(24)20(14)30-12)33-22-18(23)21(28-11-29-22)31-17-3-2-13(10-27-17)32-6-4-26-5-7-32/h2-3,8-11,26,30H,4-7H2,1H3,(H,27,28,29,31). The quantitative estimate of drug-likeness (QED) is 0.393. The summed E-state index contributed by atoms with van der Waals surface area (Å²) in [6, 6.07) is 6.23. The second kappa shape index (κ2) is 8.80. The van der Waals surface area contributed by atoms with E-state index in [0.717, 1.165) is 37.9 Å². The molecule has 3 N–H and O–H groups in total. The second-order valence-electron chi connectivity index (χ2n) is 7.62. The van der Waals surface area contributed by atoms with Crippen LogP contribution in [0.1, 0.15) is 5.69 Å². The van der Waals surface area contributed by atoms with Gasteiger partial charge in [0.2, 0.25) is 5.88 Å². The average molecular weight is 472 g/mol. The third-order valence-corrected chi connectivity index (χ3v) is 5.68. The molecule has 1 aromatic carbocycles. The molecule has 0 atom stereocenters. The molecule has 0 spiro atoms. The average Bonchev–Trinajstić information content (AvgIpc) is 3.23. The molecule has 0 aliphatic carbocycles. The van der Waals surface area contributed by atoms with Gasteiger partial charge < -0.3 is 25.3 Å². The first-order chi connectivity index (χ1) is 16.0. The molecule has 1 aliphatic rings. The molecule has 4 heterocycles. The van der Waals surface area contributed by atoms with E-state index in [-0.39, 0.29) is 33.4 Å². The summed E-state index contributed by atoms with van der Waals surface area (Å²) in [5, 5.41) is 6.42. The summed E-state index contributed by atoms with van der Waals surface area (Å²) in [4.78, 5) is 17.5. The number of ether oxygens (including phenoxy) is 1. The molecule has 33 heavy (non-hydrogen) atoms. The van der Waals surface area contributed by atoms with Crippen LogP contribution in [-0.2, 0) is 0 Å². The largest absolute Gasteiger partial charge is 0.434 e. The summed E-state index contributed by atoms with van der Waals surface area (Å²) in [7, 11) is 0. The number of H-pyrrole nitrogens is 1. The molecule has 11 heteroatoms. The monoisotopic (exact) mass is 471 g/mol. The van der Waals surface area contributed by atoms with Crippen molar-refractivity contribution in [2.45, 2.75) is 6.92 Å². The molecule has 1 saturated heterocycles. The van der Waals surface area contributed by atoms with Crippen LogP contribution in [0.25, 0.3) is 10.9 Å². The number of halogens is 3. The van der Waals surface area contributed by atoms with Crippen molar-refractivity contribution in [2.24, 2.45) is 0 Å². The molecule has 1 fully saturated rings. The fraction of sp³-hybridized carbons (Fsp3) is 0.227.